The number of hydrogen-bond acceptors (Lipinski definition) is 3. The van der Waals surface area contributed by atoms with Gasteiger partial charge in [-0.15, -0.1) is 0 Å². The Morgan fingerprint density at radius 1 is 1.21 bits per heavy atom. The monoisotopic (exact) mass is 268 g/mol. The standard InChI is InChI=1S/C14H14F2O3/c15-10-3-4-11(12(16)7-10)13(17)5-6-14(18)19-8-9-1-2-9/h3-4,7,9H,1-2,5-6,8H2. The van der Waals surface area contributed by atoms with E-state index in [1.54, 1.807) is 0 Å². The van der Waals surface area contributed by atoms with Crippen molar-refractivity contribution in [1.82, 2.24) is 0 Å². The average molecular weight is 268 g/mol. The van der Waals surface area contributed by atoms with E-state index in [1.165, 1.54) is 0 Å². The lowest BCUT2D eigenvalue weighted by Crippen LogP contribution is -2.10. The van der Waals surface area contributed by atoms with E-state index in [2.05, 4.69) is 0 Å². The van der Waals surface area contributed by atoms with Crippen LogP contribution in [0.25, 0.3) is 0 Å². The summed E-state index contributed by atoms with van der Waals surface area (Å²) < 4.78 is 30.9. The molecule has 1 fully saturated rings. The average Bonchev–Trinajstić information content (AvgIpc) is 3.17. The van der Waals surface area contributed by atoms with Crippen molar-refractivity contribution in [3.05, 3.63) is 35.4 Å². The molecule has 0 atom stereocenters. The van der Waals surface area contributed by atoms with Crippen molar-refractivity contribution < 1.29 is 23.1 Å². The Hall–Kier alpha value is -1.78. The molecule has 102 valence electrons. The van der Waals surface area contributed by atoms with Crippen molar-refractivity contribution in [3.63, 3.8) is 0 Å². The molecule has 0 aliphatic heterocycles. The molecule has 0 amide bonds. The minimum atomic E-state index is -0.906. The van der Waals surface area contributed by atoms with E-state index in [4.69, 9.17) is 4.74 Å². The Morgan fingerprint density at radius 2 is 1.95 bits per heavy atom. The number of benzene rings is 1. The Labute approximate surface area is 109 Å². The highest BCUT2D eigenvalue weighted by Crippen LogP contribution is 2.28. The summed E-state index contributed by atoms with van der Waals surface area (Å²) >= 11 is 0. The fourth-order valence-corrected chi connectivity index (χ4v) is 1.63. The molecule has 5 heteroatoms. The predicted molar refractivity (Wildman–Crippen MR) is 63.6 cm³/mol. The van der Waals surface area contributed by atoms with Crippen LogP contribution in [0.2, 0.25) is 0 Å². The molecule has 1 aliphatic rings. The van der Waals surface area contributed by atoms with Crippen LogP contribution in [0, 0.1) is 17.6 Å². The summed E-state index contributed by atoms with van der Waals surface area (Å²) in [6.07, 6.45) is 1.94. The van der Waals surface area contributed by atoms with Gasteiger partial charge in [0.05, 0.1) is 18.6 Å². The molecule has 0 heterocycles. The molecule has 0 spiro atoms. The molecule has 19 heavy (non-hydrogen) atoms. The summed E-state index contributed by atoms with van der Waals surface area (Å²) in [7, 11) is 0. The molecule has 1 aliphatic carbocycles. The molecule has 0 aromatic heterocycles. The summed E-state index contributed by atoms with van der Waals surface area (Å²) in [6, 6.07) is 2.75. The van der Waals surface area contributed by atoms with Crippen molar-refractivity contribution >= 4 is 11.8 Å². The summed E-state index contributed by atoms with van der Waals surface area (Å²) in [6.45, 7) is 0.401. The van der Waals surface area contributed by atoms with E-state index >= 15 is 0 Å². The molecule has 1 aromatic rings. The molecular formula is C14H14F2O3. The Bertz CT molecular complexity index is 495. The molecule has 1 saturated carbocycles. The highest BCUT2D eigenvalue weighted by molar-refractivity contribution is 5.97. The normalized spacial score (nSPS) is 14.2. The van der Waals surface area contributed by atoms with Gasteiger partial charge in [0.15, 0.2) is 5.78 Å². The van der Waals surface area contributed by atoms with Gasteiger partial charge < -0.3 is 4.74 Å². The smallest absolute Gasteiger partial charge is 0.306 e. The minimum Gasteiger partial charge on any atom is -0.465 e. The second kappa shape index (κ2) is 5.91. The first-order chi connectivity index (χ1) is 9.06. The molecule has 0 saturated heterocycles. The van der Waals surface area contributed by atoms with Crippen LogP contribution in [0.5, 0.6) is 0 Å². The topological polar surface area (TPSA) is 43.4 Å². The summed E-state index contributed by atoms with van der Waals surface area (Å²) in [5.41, 5.74) is -0.198. The van der Waals surface area contributed by atoms with Crippen molar-refractivity contribution in [3.8, 4) is 0 Å². The minimum absolute atomic E-state index is 0.0810. The first-order valence-electron chi connectivity index (χ1n) is 6.20. The zero-order valence-electron chi connectivity index (χ0n) is 10.3. The van der Waals surface area contributed by atoms with Gasteiger partial charge in [-0.05, 0) is 30.9 Å². The van der Waals surface area contributed by atoms with Gasteiger partial charge in [-0.1, -0.05) is 0 Å². The number of halogens is 2. The predicted octanol–water partition coefficient (Wildman–Crippen LogP) is 2.88. The van der Waals surface area contributed by atoms with Gasteiger partial charge >= 0.3 is 5.97 Å². The van der Waals surface area contributed by atoms with Gasteiger partial charge in [-0.25, -0.2) is 8.78 Å². The SMILES string of the molecule is O=C(CCC(=O)c1ccc(F)cc1F)OCC1CC1. The van der Waals surface area contributed by atoms with Gasteiger partial charge in [0, 0.05) is 12.5 Å². The fraction of sp³-hybridized carbons (Fsp3) is 0.429. The lowest BCUT2D eigenvalue weighted by molar-refractivity contribution is -0.144. The number of hydrogen-bond donors (Lipinski definition) is 0. The molecule has 0 unspecified atom stereocenters. The van der Waals surface area contributed by atoms with Crippen LogP contribution in [0.3, 0.4) is 0 Å². The number of ketones is 1. The maximum atomic E-state index is 13.3. The van der Waals surface area contributed by atoms with Crippen LogP contribution < -0.4 is 0 Å². The molecule has 1 aromatic carbocycles. The fourth-order valence-electron chi connectivity index (χ4n) is 1.63. The Morgan fingerprint density at radius 3 is 2.58 bits per heavy atom. The van der Waals surface area contributed by atoms with E-state index in [0.717, 1.165) is 25.0 Å². The maximum Gasteiger partial charge on any atom is 0.306 e. The number of carbonyl (C=O) groups excluding carboxylic acids is 2. The van der Waals surface area contributed by atoms with Crippen molar-refractivity contribution in [2.24, 2.45) is 5.92 Å². The van der Waals surface area contributed by atoms with Crippen LogP contribution in [-0.2, 0) is 9.53 Å². The number of Topliss-reactive ketones (excluding diaryl/α,β-unsaturated/α-hetero) is 1. The molecular weight excluding hydrogens is 254 g/mol. The molecule has 0 bridgehead atoms. The third-order valence-corrected chi connectivity index (χ3v) is 2.96. The van der Waals surface area contributed by atoms with Gasteiger partial charge in [0.1, 0.15) is 11.6 Å². The van der Waals surface area contributed by atoms with Gasteiger partial charge in [-0.2, -0.15) is 0 Å². The maximum absolute atomic E-state index is 13.3. The van der Waals surface area contributed by atoms with Crippen molar-refractivity contribution in [1.29, 1.82) is 0 Å². The molecule has 0 radical (unpaired) electrons. The largest absolute Gasteiger partial charge is 0.465 e. The first kappa shape index (κ1) is 13.6. The number of ether oxygens (including phenoxy) is 1. The van der Waals surface area contributed by atoms with Crippen LogP contribution in [0.15, 0.2) is 18.2 Å². The third kappa shape index (κ3) is 4.12. The highest BCUT2D eigenvalue weighted by Gasteiger charge is 2.23. The number of carbonyl (C=O) groups is 2. The van der Waals surface area contributed by atoms with E-state index in [1.807, 2.05) is 0 Å². The van der Waals surface area contributed by atoms with Crippen LogP contribution in [-0.4, -0.2) is 18.4 Å². The molecule has 0 N–H and O–H groups in total. The van der Waals surface area contributed by atoms with Gasteiger partial charge in [0.2, 0.25) is 0 Å². The zero-order valence-corrected chi connectivity index (χ0v) is 10.3. The van der Waals surface area contributed by atoms with Crippen LogP contribution in [0.1, 0.15) is 36.0 Å². The lowest BCUT2D eigenvalue weighted by Gasteiger charge is -2.04. The lowest BCUT2D eigenvalue weighted by atomic mass is 10.1. The number of rotatable bonds is 6. The van der Waals surface area contributed by atoms with E-state index in [9.17, 15) is 18.4 Å². The first-order valence-corrected chi connectivity index (χ1v) is 6.20. The van der Waals surface area contributed by atoms with Gasteiger partial charge in [-0.3, -0.25) is 9.59 Å². The molecule has 2 rings (SSSR count). The van der Waals surface area contributed by atoms with E-state index < -0.39 is 23.4 Å². The quantitative estimate of drug-likeness (QED) is 0.588. The zero-order chi connectivity index (χ0) is 13.8. The summed E-state index contributed by atoms with van der Waals surface area (Å²) in [5, 5.41) is 0. The van der Waals surface area contributed by atoms with Gasteiger partial charge in [0.25, 0.3) is 0 Å². The third-order valence-electron chi connectivity index (χ3n) is 2.96. The second-order valence-corrected chi connectivity index (χ2v) is 4.67. The summed E-state index contributed by atoms with van der Waals surface area (Å²) in [4.78, 5) is 23.0. The molecule has 3 nitrogen and oxygen atoms in total. The van der Waals surface area contributed by atoms with E-state index in [0.29, 0.717) is 18.6 Å². The van der Waals surface area contributed by atoms with Crippen LogP contribution >= 0.6 is 0 Å². The van der Waals surface area contributed by atoms with Crippen molar-refractivity contribution in [2.75, 3.05) is 6.61 Å². The highest BCUT2D eigenvalue weighted by atomic mass is 19.1. The Balaban J connectivity index is 1.81. The van der Waals surface area contributed by atoms with Crippen molar-refractivity contribution in [2.45, 2.75) is 25.7 Å². The Kier molecular flexibility index (Phi) is 4.24. The number of esters is 1. The van der Waals surface area contributed by atoms with E-state index in [-0.39, 0.29) is 18.4 Å². The van der Waals surface area contributed by atoms with Crippen LogP contribution in [0.4, 0.5) is 8.78 Å². The summed E-state index contributed by atoms with van der Waals surface area (Å²) in [5.74, 6) is -2.16. The second-order valence-electron chi connectivity index (χ2n) is 4.67.